The lowest BCUT2D eigenvalue weighted by Gasteiger charge is -2.10. The van der Waals surface area contributed by atoms with Gasteiger partial charge in [-0.3, -0.25) is 0 Å². The highest BCUT2D eigenvalue weighted by molar-refractivity contribution is 5.42. The second-order valence-electron chi connectivity index (χ2n) is 4.15. The molecular weight excluding hydrogens is 242 g/mol. The number of aromatic nitrogens is 2. The van der Waals surface area contributed by atoms with Crippen LogP contribution in [-0.4, -0.2) is 30.7 Å². The van der Waals surface area contributed by atoms with Gasteiger partial charge in [0.05, 0.1) is 14.2 Å². The third kappa shape index (κ3) is 3.72. The molecule has 0 aliphatic carbocycles. The number of hydrogen-bond donors (Lipinski definition) is 2. The molecule has 2 N–H and O–H groups in total. The third-order valence-corrected chi connectivity index (χ3v) is 2.87. The van der Waals surface area contributed by atoms with Gasteiger partial charge in [0.1, 0.15) is 5.82 Å². The molecule has 0 spiro atoms. The highest BCUT2D eigenvalue weighted by Crippen LogP contribution is 2.27. The minimum Gasteiger partial charge on any atom is -0.493 e. The molecule has 0 amide bonds. The van der Waals surface area contributed by atoms with E-state index in [2.05, 4.69) is 15.3 Å². The lowest BCUT2D eigenvalue weighted by molar-refractivity contribution is 0.354. The van der Waals surface area contributed by atoms with E-state index in [1.54, 1.807) is 20.4 Å². The molecule has 0 saturated heterocycles. The van der Waals surface area contributed by atoms with Crippen molar-refractivity contribution in [2.75, 3.05) is 20.8 Å². The summed E-state index contributed by atoms with van der Waals surface area (Å²) < 4.78 is 10.5. The minimum atomic E-state index is 0.752. The average molecular weight is 261 g/mol. The van der Waals surface area contributed by atoms with Gasteiger partial charge in [-0.15, -0.1) is 0 Å². The van der Waals surface area contributed by atoms with Gasteiger partial charge in [-0.25, -0.2) is 4.98 Å². The summed E-state index contributed by atoms with van der Waals surface area (Å²) in [5.41, 5.74) is 1.16. The van der Waals surface area contributed by atoms with Crippen molar-refractivity contribution in [2.45, 2.75) is 13.0 Å². The van der Waals surface area contributed by atoms with Crippen LogP contribution in [0.3, 0.4) is 0 Å². The number of hydrogen-bond acceptors (Lipinski definition) is 4. The number of benzene rings is 1. The molecule has 0 atom stereocenters. The van der Waals surface area contributed by atoms with E-state index in [-0.39, 0.29) is 0 Å². The summed E-state index contributed by atoms with van der Waals surface area (Å²) in [5.74, 6) is 2.51. The molecule has 1 aromatic carbocycles. The van der Waals surface area contributed by atoms with Crippen LogP contribution in [0.4, 0.5) is 0 Å². The zero-order valence-corrected chi connectivity index (χ0v) is 11.3. The van der Waals surface area contributed by atoms with Gasteiger partial charge in [0.25, 0.3) is 0 Å². The molecule has 102 valence electrons. The minimum absolute atomic E-state index is 0.752. The fraction of sp³-hybridized carbons (Fsp3) is 0.357. The third-order valence-electron chi connectivity index (χ3n) is 2.87. The largest absolute Gasteiger partial charge is 0.493 e. The molecule has 2 rings (SSSR count). The van der Waals surface area contributed by atoms with E-state index >= 15 is 0 Å². The smallest absolute Gasteiger partial charge is 0.161 e. The number of H-pyrrole nitrogens is 1. The highest BCUT2D eigenvalue weighted by atomic mass is 16.5. The Bertz CT molecular complexity index is 497. The van der Waals surface area contributed by atoms with Crippen molar-refractivity contribution in [3.8, 4) is 11.5 Å². The summed E-state index contributed by atoms with van der Waals surface area (Å²) in [5, 5.41) is 3.37. The molecule has 0 saturated carbocycles. The predicted octanol–water partition coefficient (Wildman–Crippen LogP) is 1.76. The first-order chi connectivity index (χ1) is 9.33. The highest BCUT2D eigenvalue weighted by Gasteiger charge is 2.04. The zero-order chi connectivity index (χ0) is 13.5. The number of imidazole rings is 1. The Hall–Kier alpha value is -2.01. The van der Waals surface area contributed by atoms with Crippen LogP contribution >= 0.6 is 0 Å². The maximum Gasteiger partial charge on any atom is 0.161 e. The number of nitrogens with zero attached hydrogens (tertiary/aromatic N) is 1. The van der Waals surface area contributed by atoms with Crippen molar-refractivity contribution in [3.05, 3.63) is 42.0 Å². The summed E-state index contributed by atoms with van der Waals surface area (Å²) in [6, 6.07) is 5.93. The van der Waals surface area contributed by atoms with E-state index in [0.29, 0.717) is 0 Å². The Labute approximate surface area is 113 Å². The van der Waals surface area contributed by atoms with Crippen molar-refractivity contribution in [1.82, 2.24) is 15.3 Å². The first-order valence-electron chi connectivity index (χ1n) is 6.23. The topological polar surface area (TPSA) is 59.2 Å². The Balaban J connectivity index is 1.82. The molecule has 2 aromatic rings. The summed E-state index contributed by atoms with van der Waals surface area (Å²) >= 11 is 0. The maximum atomic E-state index is 5.27. The molecule has 0 radical (unpaired) electrons. The van der Waals surface area contributed by atoms with Crippen molar-refractivity contribution >= 4 is 0 Å². The van der Waals surface area contributed by atoms with Gasteiger partial charge in [0.2, 0.25) is 0 Å². The molecule has 0 aliphatic rings. The van der Waals surface area contributed by atoms with Crippen LogP contribution in [0.5, 0.6) is 11.5 Å². The average Bonchev–Trinajstić information content (AvgIpc) is 2.96. The summed E-state index contributed by atoms with van der Waals surface area (Å²) in [4.78, 5) is 7.26. The molecular formula is C14H19N3O2. The predicted molar refractivity (Wildman–Crippen MR) is 73.5 cm³/mol. The van der Waals surface area contributed by atoms with Crippen LogP contribution in [0.15, 0.2) is 30.6 Å². The first kappa shape index (κ1) is 13.4. The van der Waals surface area contributed by atoms with Gasteiger partial charge in [-0.1, -0.05) is 6.07 Å². The van der Waals surface area contributed by atoms with E-state index in [9.17, 15) is 0 Å². The monoisotopic (exact) mass is 261 g/mol. The quantitative estimate of drug-likeness (QED) is 0.746. The Morgan fingerprint density at radius 2 is 2.05 bits per heavy atom. The van der Waals surface area contributed by atoms with Gasteiger partial charge in [0, 0.05) is 31.9 Å². The molecule has 5 nitrogen and oxygen atoms in total. The number of methoxy groups -OCH3 is 2. The first-order valence-corrected chi connectivity index (χ1v) is 6.23. The van der Waals surface area contributed by atoms with Crippen LogP contribution in [0.2, 0.25) is 0 Å². The van der Waals surface area contributed by atoms with E-state index in [0.717, 1.165) is 42.4 Å². The van der Waals surface area contributed by atoms with Crippen molar-refractivity contribution in [1.29, 1.82) is 0 Å². The van der Waals surface area contributed by atoms with Gasteiger partial charge < -0.3 is 19.8 Å². The van der Waals surface area contributed by atoms with Gasteiger partial charge >= 0.3 is 0 Å². The second-order valence-corrected chi connectivity index (χ2v) is 4.15. The van der Waals surface area contributed by atoms with E-state index in [1.807, 2.05) is 24.4 Å². The molecule has 1 heterocycles. The molecule has 0 fully saturated rings. The summed E-state index contributed by atoms with van der Waals surface area (Å²) in [7, 11) is 3.28. The van der Waals surface area contributed by atoms with Crippen LogP contribution in [0, 0.1) is 0 Å². The van der Waals surface area contributed by atoms with Gasteiger partial charge in [-0.05, 0) is 17.7 Å². The summed E-state index contributed by atoms with van der Waals surface area (Å²) in [6.45, 7) is 1.67. The van der Waals surface area contributed by atoms with E-state index < -0.39 is 0 Å². The van der Waals surface area contributed by atoms with Crippen LogP contribution in [0.25, 0.3) is 0 Å². The zero-order valence-electron chi connectivity index (χ0n) is 11.3. The number of rotatable bonds is 7. The lowest BCUT2D eigenvalue weighted by Crippen LogP contribution is -2.17. The van der Waals surface area contributed by atoms with Crippen LogP contribution < -0.4 is 14.8 Å². The van der Waals surface area contributed by atoms with Crippen molar-refractivity contribution in [3.63, 3.8) is 0 Å². The van der Waals surface area contributed by atoms with Gasteiger partial charge in [-0.2, -0.15) is 0 Å². The Morgan fingerprint density at radius 1 is 1.21 bits per heavy atom. The van der Waals surface area contributed by atoms with E-state index in [1.165, 1.54) is 0 Å². The molecule has 0 aliphatic heterocycles. The maximum absolute atomic E-state index is 5.27. The van der Waals surface area contributed by atoms with Crippen molar-refractivity contribution in [2.24, 2.45) is 0 Å². The molecule has 0 bridgehead atoms. The van der Waals surface area contributed by atoms with E-state index in [4.69, 9.17) is 9.47 Å². The van der Waals surface area contributed by atoms with Crippen molar-refractivity contribution < 1.29 is 9.47 Å². The summed E-state index contributed by atoms with van der Waals surface area (Å²) in [6.07, 6.45) is 4.49. The number of aromatic amines is 1. The normalized spacial score (nSPS) is 10.4. The fourth-order valence-electron chi connectivity index (χ4n) is 1.86. The van der Waals surface area contributed by atoms with Crippen LogP contribution in [0.1, 0.15) is 11.4 Å². The number of nitrogens with one attached hydrogen (secondary N) is 2. The lowest BCUT2D eigenvalue weighted by atomic mass is 10.2. The van der Waals surface area contributed by atoms with Gasteiger partial charge in [0.15, 0.2) is 11.5 Å². The number of ether oxygens (including phenoxy) is 2. The van der Waals surface area contributed by atoms with Crippen LogP contribution in [-0.2, 0) is 13.0 Å². The molecule has 0 unspecified atom stereocenters. The second kappa shape index (κ2) is 6.80. The molecule has 1 aromatic heterocycles. The Morgan fingerprint density at radius 3 is 2.74 bits per heavy atom. The Kier molecular flexibility index (Phi) is 4.80. The SMILES string of the molecule is COc1ccc(CNCCc2ncc[nH]2)cc1OC. The fourth-order valence-corrected chi connectivity index (χ4v) is 1.86. The molecule has 5 heteroatoms. The molecule has 19 heavy (non-hydrogen) atoms. The standard InChI is InChI=1S/C14H19N3O2/c1-18-12-4-3-11(9-13(12)19-2)10-15-6-5-14-16-7-8-17-14/h3-4,7-9,15H,5-6,10H2,1-2H3,(H,16,17).